The predicted molar refractivity (Wildman–Crippen MR) is 95.2 cm³/mol. The van der Waals surface area contributed by atoms with Crippen LogP contribution in [-0.2, 0) is 4.79 Å². The van der Waals surface area contributed by atoms with Gasteiger partial charge in [0.25, 0.3) is 0 Å². The van der Waals surface area contributed by atoms with Crippen LogP contribution < -0.4 is 11.1 Å². The fraction of sp³-hybridized carbons (Fsp3) is 0.333. The number of thiazole rings is 1. The molecule has 0 aliphatic heterocycles. The SMILES string of the molecule is CC(NC(=O)C1(N)CC1)c1nc(-c2ccc(Br)cc2)cs1.Cl. The maximum Gasteiger partial charge on any atom is 0.240 e. The summed E-state index contributed by atoms with van der Waals surface area (Å²) < 4.78 is 1.04. The Hall–Kier alpha value is -0.950. The van der Waals surface area contributed by atoms with Crippen LogP contribution in [0.25, 0.3) is 11.3 Å². The van der Waals surface area contributed by atoms with E-state index in [0.717, 1.165) is 33.6 Å². The molecule has 2 aromatic rings. The lowest BCUT2D eigenvalue weighted by atomic mass is 10.2. The Morgan fingerprint density at radius 3 is 2.64 bits per heavy atom. The molecule has 4 nitrogen and oxygen atoms in total. The molecule has 1 atom stereocenters. The number of benzene rings is 1. The fourth-order valence-electron chi connectivity index (χ4n) is 2.00. The predicted octanol–water partition coefficient (Wildman–Crippen LogP) is 3.66. The lowest BCUT2D eigenvalue weighted by Gasteiger charge is -2.14. The van der Waals surface area contributed by atoms with E-state index in [-0.39, 0.29) is 24.4 Å². The van der Waals surface area contributed by atoms with Gasteiger partial charge in [0.15, 0.2) is 0 Å². The summed E-state index contributed by atoms with van der Waals surface area (Å²) in [5.74, 6) is -0.0737. The summed E-state index contributed by atoms with van der Waals surface area (Å²) in [6.07, 6.45) is 1.54. The van der Waals surface area contributed by atoms with Crippen LogP contribution in [0.4, 0.5) is 0 Å². The number of nitrogens with two attached hydrogens (primary N) is 1. The smallest absolute Gasteiger partial charge is 0.240 e. The van der Waals surface area contributed by atoms with Crippen molar-refractivity contribution in [1.29, 1.82) is 0 Å². The van der Waals surface area contributed by atoms with Gasteiger partial charge in [-0.3, -0.25) is 4.79 Å². The first-order valence-electron chi connectivity index (χ1n) is 6.79. The Kier molecular flexibility index (Phi) is 5.27. The van der Waals surface area contributed by atoms with E-state index in [1.165, 1.54) is 0 Å². The summed E-state index contributed by atoms with van der Waals surface area (Å²) in [5.41, 5.74) is 7.25. The van der Waals surface area contributed by atoms with Crippen LogP contribution in [0.2, 0.25) is 0 Å². The molecule has 1 aromatic carbocycles. The monoisotopic (exact) mass is 401 g/mol. The molecule has 1 heterocycles. The van der Waals surface area contributed by atoms with Crippen molar-refractivity contribution in [3.8, 4) is 11.3 Å². The van der Waals surface area contributed by atoms with Gasteiger partial charge in [-0.2, -0.15) is 0 Å². The van der Waals surface area contributed by atoms with Gasteiger partial charge in [-0.05, 0) is 31.9 Å². The van der Waals surface area contributed by atoms with Crippen LogP contribution in [0.1, 0.15) is 30.8 Å². The first-order chi connectivity index (χ1) is 9.98. The van der Waals surface area contributed by atoms with Crippen LogP contribution in [-0.4, -0.2) is 16.4 Å². The minimum atomic E-state index is -0.639. The lowest BCUT2D eigenvalue weighted by Crippen LogP contribution is -2.43. The summed E-state index contributed by atoms with van der Waals surface area (Å²) in [7, 11) is 0. The van der Waals surface area contributed by atoms with Crippen LogP contribution in [0, 0.1) is 0 Å². The number of carbonyl (C=O) groups excluding carboxylic acids is 1. The number of halogens is 2. The average molecular weight is 403 g/mol. The van der Waals surface area contributed by atoms with E-state index in [4.69, 9.17) is 5.73 Å². The molecule has 1 amide bonds. The highest BCUT2D eigenvalue weighted by molar-refractivity contribution is 9.10. The highest BCUT2D eigenvalue weighted by Crippen LogP contribution is 2.33. The van der Waals surface area contributed by atoms with Gasteiger partial charge in [-0.25, -0.2) is 4.98 Å². The third-order valence-electron chi connectivity index (χ3n) is 3.62. The Bertz CT molecular complexity index is 670. The Labute approximate surface area is 148 Å². The molecule has 22 heavy (non-hydrogen) atoms. The van der Waals surface area contributed by atoms with E-state index in [0.29, 0.717) is 0 Å². The molecular formula is C15H17BrClN3OS. The second-order valence-electron chi connectivity index (χ2n) is 5.43. The number of nitrogens with one attached hydrogen (secondary N) is 1. The number of nitrogens with zero attached hydrogens (tertiary/aromatic N) is 1. The van der Waals surface area contributed by atoms with E-state index >= 15 is 0 Å². The van der Waals surface area contributed by atoms with Gasteiger partial charge in [-0.1, -0.05) is 28.1 Å². The van der Waals surface area contributed by atoms with E-state index in [9.17, 15) is 4.79 Å². The van der Waals surface area contributed by atoms with Crippen molar-refractivity contribution in [3.05, 3.63) is 39.1 Å². The molecule has 0 bridgehead atoms. The molecule has 3 rings (SSSR count). The average Bonchev–Trinajstić information content (AvgIpc) is 3.03. The third kappa shape index (κ3) is 3.68. The highest BCUT2D eigenvalue weighted by atomic mass is 79.9. The quantitative estimate of drug-likeness (QED) is 0.820. The number of hydrogen-bond donors (Lipinski definition) is 2. The molecule has 3 N–H and O–H groups in total. The van der Waals surface area contributed by atoms with Crippen molar-refractivity contribution in [1.82, 2.24) is 10.3 Å². The van der Waals surface area contributed by atoms with Crippen LogP contribution in [0.3, 0.4) is 0 Å². The van der Waals surface area contributed by atoms with Crippen LogP contribution in [0.15, 0.2) is 34.1 Å². The second kappa shape index (κ2) is 6.66. The van der Waals surface area contributed by atoms with Gasteiger partial charge in [0.2, 0.25) is 5.91 Å². The Morgan fingerprint density at radius 2 is 2.05 bits per heavy atom. The molecule has 1 aliphatic rings. The highest BCUT2D eigenvalue weighted by Gasteiger charge is 2.46. The third-order valence-corrected chi connectivity index (χ3v) is 5.18. The van der Waals surface area contributed by atoms with Gasteiger partial charge in [0.1, 0.15) is 5.01 Å². The minimum Gasteiger partial charge on any atom is -0.346 e. The first kappa shape index (κ1) is 17.4. The number of carbonyl (C=O) groups is 1. The lowest BCUT2D eigenvalue weighted by molar-refractivity contribution is -0.123. The summed E-state index contributed by atoms with van der Waals surface area (Å²) in [6.45, 7) is 1.94. The fourth-order valence-corrected chi connectivity index (χ4v) is 3.10. The molecule has 0 radical (unpaired) electrons. The normalized spacial score (nSPS) is 16.5. The second-order valence-corrected chi connectivity index (χ2v) is 7.23. The standard InChI is InChI=1S/C15H16BrN3OS.ClH/c1-9(18-14(20)15(17)6-7-15)13-19-12(8-21-13)10-2-4-11(16)5-3-10;/h2-5,8-9H,6-7,17H2,1H3,(H,18,20);1H. The molecule has 0 saturated heterocycles. The molecular weight excluding hydrogens is 386 g/mol. The molecule has 7 heteroatoms. The van der Waals surface area contributed by atoms with E-state index in [1.807, 2.05) is 36.6 Å². The summed E-state index contributed by atoms with van der Waals surface area (Å²) in [6, 6.07) is 7.90. The van der Waals surface area contributed by atoms with Gasteiger partial charge >= 0.3 is 0 Å². The van der Waals surface area contributed by atoms with Crippen molar-refractivity contribution in [2.24, 2.45) is 5.73 Å². The molecule has 1 fully saturated rings. The number of rotatable bonds is 4. The molecule has 1 aromatic heterocycles. The maximum absolute atomic E-state index is 12.0. The van der Waals surface area contributed by atoms with Crippen molar-refractivity contribution < 1.29 is 4.79 Å². The summed E-state index contributed by atoms with van der Waals surface area (Å²) >= 11 is 4.97. The molecule has 0 spiro atoms. The number of hydrogen-bond acceptors (Lipinski definition) is 4. The zero-order valence-corrected chi connectivity index (χ0v) is 15.2. The van der Waals surface area contributed by atoms with E-state index < -0.39 is 5.54 Å². The van der Waals surface area contributed by atoms with Crippen LogP contribution in [0.5, 0.6) is 0 Å². The molecule has 1 unspecified atom stereocenters. The minimum absolute atomic E-state index is 0. The van der Waals surface area contributed by atoms with E-state index in [2.05, 4.69) is 26.2 Å². The van der Waals surface area contributed by atoms with Gasteiger partial charge in [0.05, 0.1) is 17.3 Å². The van der Waals surface area contributed by atoms with Crippen molar-refractivity contribution in [2.75, 3.05) is 0 Å². The number of amides is 1. The van der Waals surface area contributed by atoms with Crippen molar-refractivity contribution >= 4 is 45.6 Å². The van der Waals surface area contributed by atoms with Crippen LogP contribution >= 0.6 is 39.7 Å². The van der Waals surface area contributed by atoms with Gasteiger partial charge < -0.3 is 11.1 Å². The van der Waals surface area contributed by atoms with Crippen molar-refractivity contribution in [3.63, 3.8) is 0 Å². The maximum atomic E-state index is 12.0. The van der Waals surface area contributed by atoms with E-state index in [1.54, 1.807) is 11.3 Å². The molecule has 1 saturated carbocycles. The zero-order chi connectivity index (χ0) is 15.0. The molecule has 118 valence electrons. The topological polar surface area (TPSA) is 68.0 Å². The van der Waals surface area contributed by atoms with Gasteiger partial charge in [0, 0.05) is 15.4 Å². The summed E-state index contributed by atoms with van der Waals surface area (Å²) in [4.78, 5) is 16.6. The zero-order valence-electron chi connectivity index (χ0n) is 12.0. The Morgan fingerprint density at radius 1 is 1.41 bits per heavy atom. The first-order valence-corrected chi connectivity index (χ1v) is 8.46. The van der Waals surface area contributed by atoms with Gasteiger partial charge in [-0.15, -0.1) is 23.7 Å². The summed E-state index contributed by atoms with van der Waals surface area (Å²) in [5, 5.41) is 5.85. The Balaban J connectivity index is 0.00000176. The molecule has 1 aliphatic carbocycles. The largest absolute Gasteiger partial charge is 0.346 e. The number of aromatic nitrogens is 1. The van der Waals surface area contributed by atoms with Crippen molar-refractivity contribution in [2.45, 2.75) is 31.3 Å².